The maximum Gasteiger partial charge on any atom is 0.259 e. The first-order valence-electron chi connectivity index (χ1n) is 6.87. The molecule has 1 aromatic carbocycles. The monoisotopic (exact) mass is 318 g/mol. The van der Waals surface area contributed by atoms with Gasteiger partial charge in [-0.1, -0.05) is 37.3 Å². The van der Waals surface area contributed by atoms with E-state index in [1.165, 1.54) is 0 Å². The summed E-state index contributed by atoms with van der Waals surface area (Å²) in [4.78, 5) is 21.6. The average Bonchev–Trinajstić information content (AvgIpc) is 2.87. The first-order valence-corrected chi connectivity index (χ1v) is 8.12. The third kappa shape index (κ3) is 2.49. The van der Waals surface area contributed by atoms with E-state index < -0.39 is 0 Å². The van der Waals surface area contributed by atoms with Gasteiger partial charge in [-0.2, -0.15) is 0 Å². The summed E-state index contributed by atoms with van der Waals surface area (Å²) in [6, 6.07) is 10.1. The summed E-state index contributed by atoms with van der Waals surface area (Å²) in [7, 11) is 0. The minimum atomic E-state index is -0.311. The van der Waals surface area contributed by atoms with Crippen molar-refractivity contribution in [3.8, 4) is 10.4 Å². The SMILES string of the molecule is CCc1c(-c2ccccc2)sc2nc(C(C)Cl)[nH]c(=O)c12. The molecule has 108 valence electrons. The quantitative estimate of drug-likeness (QED) is 0.722. The van der Waals surface area contributed by atoms with Crippen LogP contribution in [-0.4, -0.2) is 9.97 Å². The van der Waals surface area contributed by atoms with E-state index in [4.69, 9.17) is 11.6 Å². The summed E-state index contributed by atoms with van der Waals surface area (Å²) < 4.78 is 0. The fourth-order valence-corrected chi connectivity index (χ4v) is 3.81. The van der Waals surface area contributed by atoms with Crippen molar-refractivity contribution < 1.29 is 0 Å². The van der Waals surface area contributed by atoms with Gasteiger partial charge in [0, 0.05) is 4.88 Å². The Labute approximate surface area is 131 Å². The molecule has 2 aromatic heterocycles. The van der Waals surface area contributed by atoms with Crippen molar-refractivity contribution in [1.29, 1.82) is 0 Å². The number of benzene rings is 1. The van der Waals surface area contributed by atoms with Gasteiger partial charge in [0.1, 0.15) is 10.7 Å². The molecule has 21 heavy (non-hydrogen) atoms. The molecule has 0 bridgehead atoms. The van der Waals surface area contributed by atoms with Crippen molar-refractivity contribution in [2.24, 2.45) is 0 Å². The highest BCUT2D eigenvalue weighted by molar-refractivity contribution is 7.22. The maximum absolute atomic E-state index is 12.4. The molecule has 0 saturated carbocycles. The van der Waals surface area contributed by atoms with Gasteiger partial charge in [-0.05, 0) is 24.5 Å². The highest BCUT2D eigenvalue weighted by atomic mass is 35.5. The number of alkyl halides is 1. The van der Waals surface area contributed by atoms with E-state index in [1.54, 1.807) is 18.3 Å². The lowest BCUT2D eigenvalue weighted by atomic mass is 10.1. The largest absolute Gasteiger partial charge is 0.309 e. The molecule has 0 aliphatic heterocycles. The van der Waals surface area contributed by atoms with Gasteiger partial charge in [-0.15, -0.1) is 22.9 Å². The molecular formula is C16H15ClN2OS. The molecule has 3 rings (SSSR count). The highest BCUT2D eigenvalue weighted by Crippen LogP contribution is 2.36. The van der Waals surface area contributed by atoms with Crippen molar-refractivity contribution in [2.75, 3.05) is 0 Å². The van der Waals surface area contributed by atoms with Crippen molar-refractivity contribution in [2.45, 2.75) is 25.6 Å². The van der Waals surface area contributed by atoms with Crippen molar-refractivity contribution >= 4 is 33.2 Å². The second kappa shape index (κ2) is 5.62. The number of halogens is 1. The third-order valence-electron chi connectivity index (χ3n) is 3.45. The average molecular weight is 319 g/mol. The number of fused-ring (bicyclic) bond motifs is 1. The smallest absolute Gasteiger partial charge is 0.259 e. The van der Waals surface area contributed by atoms with Crippen LogP contribution in [0, 0.1) is 0 Å². The molecule has 0 aliphatic carbocycles. The topological polar surface area (TPSA) is 45.8 Å². The van der Waals surface area contributed by atoms with Gasteiger partial charge in [0.25, 0.3) is 5.56 Å². The normalized spacial score (nSPS) is 12.7. The van der Waals surface area contributed by atoms with Gasteiger partial charge >= 0.3 is 0 Å². The summed E-state index contributed by atoms with van der Waals surface area (Å²) in [6.45, 7) is 3.86. The number of H-pyrrole nitrogens is 1. The van der Waals surface area contributed by atoms with Gasteiger partial charge in [0.05, 0.1) is 10.8 Å². The van der Waals surface area contributed by atoms with Gasteiger partial charge in [-0.25, -0.2) is 4.98 Å². The zero-order valence-corrected chi connectivity index (χ0v) is 13.4. The number of hydrogen-bond donors (Lipinski definition) is 1. The molecule has 1 atom stereocenters. The molecule has 0 spiro atoms. The standard InChI is InChI=1S/C16H15ClN2OS/c1-3-11-12-15(20)18-14(9(2)17)19-16(12)21-13(11)10-7-5-4-6-8-10/h4-9H,3H2,1-2H3,(H,18,19,20). The van der Waals surface area contributed by atoms with Crippen LogP contribution in [0.5, 0.6) is 0 Å². The predicted octanol–water partition coefficient (Wildman–Crippen LogP) is 4.51. The van der Waals surface area contributed by atoms with E-state index in [2.05, 4.69) is 29.0 Å². The highest BCUT2D eigenvalue weighted by Gasteiger charge is 2.18. The first-order chi connectivity index (χ1) is 10.1. The zero-order valence-electron chi connectivity index (χ0n) is 11.8. The van der Waals surface area contributed by atoms with E-state index in [0.717, 1.165) is 27.3 Å². The summed E-state index contributed by atoms with van der Waals surface area (Å²) in [5, 5.41) is 0.386. The summed E-state index contributed by atoms with van der Waals surface area (Å²) in [6.07, 6.45) is 0.796. The Morgan fingerprint density at radius 1 is 1.33 bits per heavy atom. The summed E-state index contributed by atoms with van der Waals surface area (Å²) >= 11 is 7.60. The molecule has 1 unspecified atom stereocenters. The van der Waals surface area contributed by atoms with Crippen LogP contribution in [0.25, 0.3) is 20.7 Å². The number of nitrogens with one attached hydrogen (secondary N) is 1. The first kappa shape index (κ1) is 14.3. The van der Waals surface area contributed by atoms with Crippen LogP contribution in [0.3, 0.4) is 0 Å². The van der Waals surface area contributed by atoms with Crippen LogP contribution >= 0.6 is 22.9 Å². The number of nitrogens with zero attached hydrogens (tertiary/aromatic N) is 1. The molecule has 1 N–H and O–H groups in total. The molecule has 0 amide bonds. The zero-order chi connectivity index (χ0) is 15.0. The fraction of sp³-hybridized carbons (Fsp3) is 0.250. The van der Waals surface area contributed by atoms with E-state index in [9.17, 15) is 4.79 Å². The van der Waals surface area contributed by atoms with Crippen LogP contribution in [-0.2, 0) is 6.42 Å². The Balaban J connectivity index is 2.33. The van der Waals surface area contributed by atoms with Crippen molar-refractivity contribution in [1.82, 2.24) is 9.97 Å². The molecule has 3 aromatic rings. The Hall–Kier alpha value is -1.65. The van der Waals surface area contributed by atoms with Crippen LogP contribution < -0.4 is 5.56 Å². The van der Waals surface area contributed by atoms with Crippen molar-refractivity contribution in [3.63, 3.8) is 0 Å². The lowest BCUT2D eigenvalue weighted by Crippen LogP contribution is -2.12. The third-order valence-corrected chi connectivity index (χ3v) is 4.83. The van der Waals surface area contributed by atoms with Gasteiger partial charge in [0.2, 0.25) is 0 Å². The maximum atomic E-state index is 12.4. The fourth-order valence-electron chi connectivity index (χ4n) is 2.43. The summed E-state index contributed by atoms with van der Waals surface area (Å²) in [5.41, 5.74) is 2.08. The van der Waals surface area contributed by atoms with Gasteiger partial charge in [0.15, 0.2) is 0 Å². The number of aromatic amines is 1. The van der Waals surface area contributed by atoms with E-state index >= 15 is 0 Å². The second-order valence-corrected chi connectivity index (χ2v) is 6.53. The Bertz CT molecular complexity index is 837. The molecule has 0 fully saturated rings. The van der Waals surface area contributed by atoms with E-state index in [1.807, 2.05) is 18.2 Å². The predicted molar refractivity (Wildman–Crippen MR) is 89.3 cm³/mol. The molecule has 3 nitrogen and oxygen atoms in total. The number of aryl methyl sites for hydroxylation is 1. The Kier molecular flexibility index (Phi) is 3.83. The van der Waals surface area contributed by atoms with E-state index in [-0.39, 0.29) is 10.9 Å². The Morgan fingerprint density at radius 3 is 2.67 bits per heavy atom. The molecule has 5 heteroatoms. The minimum absolute atomic E-state index is 0.0993. The van der Waals surface area contributed by atoms with Crippen molar-refractivity contribution in [3.05, 3.63) is 52.1 Å². The second-order valence-electron chi connectivity index (χ2n) is 4.88. The van der Waals surface area contributed by atoms with Gasteiger partial charge < -0.3 is 4.98 Å². The molecule has 0 aliphatic rings. The number of thiophene rings is 1. The molecule has 2 heterocycles. The van der Waals surface area contributed by atoms with Crippen LogP contribution in [0.4, 0.5) is 0 Å². The summed E-state index contributed by atoms with van der Waals surface area (Å²) in [5.74, 6) is 0.526. The molecule has 0 saturated heterocycles. The Morgan fingerprint density at radius 2 is 2.05 bits per heavy atom. The van der Waals surface area contributed by atoms with Gasteiger partial charge in [-0.3, -0.25) is 4.79 Å². The van der Waals surface area contributed by atoms with Crippen LogP contribution in [0.15, 0.2) is 35.1 Å². The lowest BCUT2D eigenvalue weighted by molar-refractivity contribution is 0.916. The van der Waals surface area contributed by atoms with Crippen LogP contribution in [0.1, 0.15) is 30.6 Å². The number of aromatic nitrogens is 2. The number of hydrogen-bond acceptors (Lipinski definition) is 3. The van der Waals surface area contributed by atoms with E-state index in [0.29, 0.717) is 11.2 Å². The van der Waals surface area contributed by atoms with Crippen LogP contribution in [0.2, 0.25) is 0 Å². The minimum Gasteiger partial charge on any atom is -0.309 e. The molecule has 0 radical (unpaired) electrons. The lowest BCUT2D eigenvalue weighted by Gasteiger charge is -2.02. The molecular weight excluding hydrogens is 304 g/mol. The number of rotatable bonds is 3.